The van der Waals surface area contributed by atoms with Crippen molar-refractivity contribution in [3.05, 3.63) is 39.5 Å². The SMILES string of the molecule is COC(=O)CC1COCC/C1=C\Cc1c(C#N)c2c(c(C)c1OC)COC2=O. The standard InChI is InChI=1S/C21H23NO6/c1-12-17-11-28-21(24)19(17)16(9-22)15(20(12)26-3)5-4-13-6-7-27-10-14(13)8-18(23)25-2/h4,14H,5-8,10-11H2,1-3H3/b13-4+. The molecular formula is C21H23NO6. The molecule has 1 fully saturated rings. The molecule has 0 N–H and O–H groups in total. The van der Waals surface area contributed by atoms with Crippen LogP contribution in [0.5, 0.6) is 5.75 Å². The van der Waals surface area contributed by atoms with Crippen LogP contribution in [0.3, 0.4) is 0 Å². The van der Waals surface area contributed by atoms with E-state index >= 15 is 0 Å². The Balaban J connectivity index is 1.99. The Morgan fingerprint density at radius 2 is 2.18 bits per heavy atom. The molecule has 7 nitrogen and oxygen atoms in total. The highest BCUT2D eigenvalue weighted by Gasteiger charge is 2.32. The maximum absolute atomic E-state index is 12.2. The van der Waals surface area contributed by atoms with Crippen LogP contribution in [0.4, 0.5) is 0 Å². The van der Waals surface area contributed by atoms with Crippen LogP contribution in [0.2, 0.25) is 0 Å². The van der Waals surface area contributed by atoms with Crippen molar-refractivity contribution in [2.45, 2.75) is 32.8 Å². The van der Waals surface area contributed by atoms with Crippen molar-refractivity contribution in [3.8, 4) is 11.8 Å². The number of rotatable bonds is 5. The van der Waals surface area contributed by atoms with Crippen molar-refractivity contribution in [2.75, 3.05) is 27.4 Å². The second-order valence-electron chi connectivity index (χ2n) is 6.84. The van der Waals surface area contributed by atoms with E-state index in [4.69, 9.17) is 18.9 Å². The van der Waals surface area contributed by atoms with E-state index in [2.05, 4.69) is 6.07 Å². The third kappa shape index (κ3) is 3.60. The van der Waals surface area contributed by atoms with E-state index in [9.17, 15) is 14.9 Å². The van der Waals surface area contributed by atoms with Crippen molar-refractivity contribution in [2.24, 2.45) is 5.92 Å². The van der Waals surface area contributed by atoms with E-state index in [1.807, 2.05) is 13.0 Å². The predicted octanol–water partition coefficient (Wildman–Crippen LogP) is 2.61. The van der Waals surface area contributed by atoms with Crippen LogP contribution in [0.25, 0.3) is 0 Å². The molecule has 0 radical (unpaired) electrons. The monoisotopic (exact) mass is 385 g/mol. The lowest BCUT2D eigenvalue weighted by Crippen LogP contribution is -2.23. The molecule has 0 aliphatic carbocycles. The minimum atomic E-state index is -0.471. The Morgan fingerprint density at radius 1 is 1.39 bits per heavy atom. The van der Waals surface area contributed by atoms with Gasteiger partial charge < -0.3 is 18.9 Å². The number of allylic oxidation sites excluding steroid dienone is 1. The lowest BCUT2D eigenvalue weighted by molar-refractivity contribution is -0.142. The predicted molar refractivity (Wildman–Crippen MR) is 98.9 cm³/mol. The number of hydrogen-bond donors (Lipinski definition) is 0. The molecule has 0 amide bonds. The molecule has 1 unspecified atom stereocenters. The van der Waals surface area contributed by atoms with Gasteiger partial charge in [-0.1, -0.05) is 11.6 Å². The quantitative estimate of drug-likeness (QED) is 0.568. The molecule has 3 rings (SSSR count). The first-order valence-electron chi connectivity index (χ1n) is 9.14. The maximum Gasteiger partial charge on any atom is 0.340 e. The maximum atomic E-state index is 12.2. The van der Waals surface area contributed by atoms with Gasteiger partial charge in [0.1, 0.15) is 18.4 Å². The molecule has 1 aromatic carbocycles. The summed E-state index contributed by atoms with van der Waals surface area (Å²) in [6, 6.07) is 2.16. The summed E-state index contributed by atoms with van der Waals surface area (Å²) in [7, 11) is 2.92. The Kier molecular flexibility index (Phi) is 6.00. The molecule has 0 spiro atoms. The number of cyclic esters (lactones) is 1. The third-order valence-electron chi connectivity index (χ3n) is 5.38. The number of esters is 2. The van der Waals surface area contributed by atoms with Gasteiger partial charge in [-0.2, -0.15) is 5.26 Å². The molecule has 2 aliphatic heterocycles. The Labute approximate surface area is 163 Å². The Hall–Kier alpha value is -2.85. The summed E-state index contributed by atoms with van der Waals surface area (Å²) in [5.41, 5.74) is 3.91. The van der Waals surface area contributed by atoms with E-state index in [0.29, 0.717) is 54.1 Å². The van der Waals surface area contributed by atoms with Gasteiger partial charge in [0.05, 0.1) is 45.0 Å². The summed E-state index contributed by atoms with van der Waals surface area (Å²) < 4.78 is 21.0. The van der Waals surface area contributed by atoms with Crippen LogP contribution in [0, 0.1) is 24.2 Å². The van der Waals surface area contributed by atoms with Crippen LogP contribution in [0.1, 0.15) is 45.5 Å². The van der Waals surface area contributed by atoms with Gasteiger partial charge in [0.2, 0.25) is 0 Å². The number of benzene rings is 1. The van der Waals surface area contributed by atoms with Crippen molar-refractivity contribution in [1.29, 1.82) is 5.26 Å². The Bertz CT molecular complexity index is 880. The van der Waals surface area contributed by atoms with Crippen molar-refractivity contribution in [3.63, 3.8) is 0 Å². The van der Waals surface area contributed by atoms with Crippen molar-refractivity contribution < 1.29 is 28.5 Å². The third-order valence-corrected chi connectivity index (χ3v) is 5.38. The zero-order valence-electron chi connectivity index (χ0n) is 16.3. The molecule has 1 atom stereocenters. The fraction of sp³-hybridized carbons (Fsp3) is 0.476. The zero-order valence-corrected chi connectivity index (χ0v) is 16.3. The summed E-state index contributed by atoms with van der Waals surface area (Å²) in [5, 5.41) is 9.74. The van der Waals surface area contributed by atoms with Crippen molar-refractivity contribution in [1.82, 2.24) is 0 Å². The zero-order chi connectivity index (χ0) is 20.3. The molecule has 0 aromatic heterocycles. The second-order valence-corrected chi connectivity index (χ2v) is 6.84. The number of hydrogen-bond acceptors (Lipinski definition) is 7. The van der Waals surface area contributed by atoms with Gasteiger partial charge in [0, 0.05) is 17.0 Å². The second kappa shape index (κ2) is 8.44. The molecule has 1 aromatic rings. The lowest BCUT2D eigenvalue weighted by Gasteiger charge is -2.25. The van der Waals surface area contributed by atoms with E-state index in [1.54, 1.807) is 7.11 Å². The molecule has 2 aliphatic rings. The van der Waals surface area contributed by atoms with Crippen LogP contribution in [-0.4, -0.2) is 39.4 Å². The normalized spacial score (nSPS) is 19.7. The van der Waals surface area contributed by atoms with E-state index in [-0.39, 0.29) is 24.9 Å². The van der Waals surface area contributed by atoms with Gasteiger partial charge in [-0.3, -0.25) is 4.79 Å². The van der Waals surface area contributed by atoms with Gasteiger partial charge in [0.15, 0.2) is 0 Å². The van der Waals surface area contributed by atoms with Gasteiger partial charge in [-0.05, 0) is 25.3 Å². The van der Waals surface area contributed by atoms with Crippen LogP contribution in [0.15, 0.2) is 11.6 Å². The molecule has 148 valence electrons. The molecular weight excluding hydrogens is 362 g/mol. The molecule has 2 heterocycles. The smallest absolute Gasteiger partial charge is 0.340 e. The average Bonchev–Trinajstić information content (AvgIpc) is 3.09. The van der Waals surface area contributed by atoms with E-state index in [0.717, 1.165) is 11.1 Å². The average molecular weight is 385 g/mol. The molecule has 28 heavy (non-hydrogen) atoms. The highest BCUT2D eigenvalue weighted by molar-refractivity contribution is 5.97. The summed E-state index contributed by atoms with van der Waals surface area (Å²) in [5.74, 6) is -0.214. The van der Waals surface area contributed by atoms with Crippen molar-refractivity contribution >= 4 is 11.9 Å². The Morgan fingerprint density at radius 3 is 2.86 bits per heavy atom. The highest BCUT2D eigenvalue weighted by Crippen LogP contribution is 2.38. The summed E-state index contributed by atoms with van der Waals surface area (Å²) in [4.78, 5) is 23.9. The van der Waals surface area contributed by atoms with Crippen LogP contribution >= 0.6 is 0 Å². The summed E-state index contributed by atoms with van der Waals surface area (Å²) in [6.45, 7) is 3.07. The topological polar surface area (TPSA) is 94.8 Å². The van der Waals surface area contributed by atoms with Gasteiger partial charge in [-0.25, -0.2) is 4.79 Å². The van der Waals surface area contributed by atoms with Gasteiger partial charge in [-0.15, -0.1) is 0 Å². The number of nitrogens with zero attached hydrogens (tertiary/aromatic N) is 1. The largest absolute Gasteiger partial charge is 0.496 e. The fourth-order valence-corrected chi connectivity index (χ4v) is 3.88. The molecule has 7 heteroatoms. The van der Waals surface area contributed by atoms with Gasteiger partial charge in [0.25, 0.3) is 0 Å². The minimum absolute atomic E-state index is 0.0572. The molecule has 0 bridgehead atoms. The minimum Gasteiger partial charge on any atom is -0.496 e. The summed E-state index contributed by atoms with van der Waals surface area (Å²) >= 11 is 0. The summed E-state index contributed by atoms with van der Waals surface area (Å²) in [6.07, 6.45) is 3.39. The van der Waals surface area contributed by atoms with Gasteiger partial charge >= 0.3 is 11.9 Å². The highest BCUT2D eigenvalue weighted by atomic mass is 16.5. The number of methoxy groups -OCH3 is 2. The first-order valence-corrected chi connectivity index (χ1v) is 9.14. The van der Waals surface area contributed by atoms with E-state index in [1.165, 1.54) is 7.11 Å². The fourth-order valence-electron chi connectivity index (χ4n) is 3.88. The van der Waals surface area contributed by atoms with E-state index < -0.39 is 5.97 Å². The first kappa shape index (κ1) is 19.9. The van der Waals surface area contributed by atoms with Crippen LogP contribution < -0.4 is 4.74 Å². The molecule has 1 saturated heterocycles. The lowest BCUT2D eigenvalue weighted by atomic mass is 9.87. The molecule has 0 saturated carbocycles. The number of fused-ring (bicyclic) bond motifs is 1. The number of nitriles is 1. The first-order chi connectivity index (χ1) is 13.5. The van der Waals surface area contributed by atoms with Crippen LogP contribution in [-0.2, 0) is 32.0 Å². The number of carbonyl (C=O) groups is 2. The number of ether oxygens (including phenoxy) is 4. The number of carbonyl (C=O) groups excluding carboxylic acids is 2.